The number of halogens is 1. The lowest BCUT2D eigenvalue weighted by molar-refractivity contribution is -0.118. The van der Waals surface area contributed by atoms with E-state index in [1.54, 1.807) is 19.2 Å². The van der Waals surface area contributed by atoms with E-state index >= 15 is 0 Å². The summed E-state index contributed by atoms with van der Waals surface area (Å²) in [5.41, 5.74) is 7.67. The second-order valence-electron chi connectivity index (χ2n) is 11.5. The molecule has 0 aromatic heterocycles. The van der Waals surface area contributed by atoms with Gasteiger partial charge in [-0.25, -0.2) is 12.8 Å². The molecule has 4 rings (SSSR count). The molecule has 4 aromatic rings. The van der Waals surface area contributed by atoms with Gasteiger partial charge in [0.15, 0.2) is 0 Å². The predicted molar refractivity (Wildman–Crippen MR) is 175 cm³/mol. The van der Waals surface area contributed by atoms with Crippen molar-refractivity contribution >= 4 is 39.3 Å². The Morgan fingerprint density at radius 2 is 1.64 bits per heavy atom. The number of anilines is 1. The SMILES string of the molecule is COc1ccc(Sc2ccc(S(=O)(=O)Nc3cccc(F)c3)cc2C(=O)N[C@@H](CC(N)=O)Cc2ccc(C(C)(C)C)cc2)cc1. The van der Waals surface area contributed by atoms with Gasteiger partial charge in [0.2, 0.25) is 5.91 Å². The molecule has 45 heavy (non-hydrogen) atoms. The van der Waals surface area contributed by atoms with Crippen LogP contribution < -0.4 is 20.5 Å². The van der Waals surface area contributed by atoms with E-state index in [1.807, 2.05) is 36.4 Å². The summed E-state index contributed by atoms with van der Waals surface area (Å²) in [6.07, 6.45) is 0.214. The lowest BCUT2D eigenvalue weighted by Crippen LogP contribution is -2.39. The molecule has 2 amide bonds. The summed E-state index contributed by atoms with van der Waals surface area (Å²) in [7, 11) is -2.63. The number of rotatable bonds is 12. The standard InChI is InChI=1S/C34H36FN3O5S2/c1-34(2,3)23-10-8-22(9-11-23)18-26(20-32(36)39)37-33(40)30-21-29(45(41,42)38-25-7-5-6-24(35)19-25)16-17-31(30)44-28-14-12-27(43-4)13-15-28/h5-17,19,21,26,38H,18,20H2,1-4H3,(H2,36,39)(H,37,40)/t26-/m1/s1. The number of nitrogens with one attached hydrogen (secondary N) is 2. The molecule has 4 N–H and O–H groups in total. The second kappa shape index (κ2) is 14.2. The van der Waals surface area contributed by atoms with Crippen LogP contribution in [-0.4, -0.2) is 33.4 Å². The van der Waals surface area contributed by atoms with E-state index in [0.29, 0.717) is 17.1 Å². The lowest BCUT2D eigenvalue weighted by atomic mass is 9.86. The van der Waals surface area contributed by atoms with Crippen LogP contribution >= 0.6 is 11.8 Å². The van der Waals surface area contributed by atoms with Gasteiger partial charge in [-0.05, 0) is 83.6 Å². The normalized spacial score (nSPS) is 12.3. The van der Waals surface area contributed by atoms with Crippen LogP contribution in [0.25, 0.3) is 0 Å². The Kier molecular flexibility index (Phi) is 10.6. The third-order valence-corrected chi connectivity index (χ3v) is 9.42. The molecule has 0 fully saturated rings. The van der Waals surface area contributed by atoms with E-state index < -0.39 is 33.7 Å². The number of carbonyl (C=O) groups excluding carboxylic acids is 2. The number of sulfonamides is 1. The predicted octanol–water partition coefficient (Wildman–Crippen LogP) is 6.30. The summed E-state index contributed by atoms with van der Waals surface area (Å²) in [4.78, 5) is 26.9. The molecule has 0 bridgehead atoms. The van der Waals surface area contributed by atoms with Crippen molar-refractivity contribution in [3.63, 3.8) is 0 Å². The molecule has 0 saturated heterocycles. The Labute approximate surface area is 267 Å². The van der Waals surface area contributed by atoms with E-state index in [-0.39, 0.29) is 28.0 Å². The fourth-order valence-electron chi connectivity index (χ4n) is 4.59. The third kappa shape index (κ3) is 9.32. The number of methoxy groups -OCH3 is 1. The smallest absolute Gasteiger partial charge is 0.261 e. The second-order valence-corrected chi connectivity index (χ2v) is 14.3. The summed E-state index contributed by atoms with van der Waals surface area (Å²) in [6.45, 7) is 6.34. The van der Waals surface area contributed by atoms with Gasteiger partial charge in [-0.15, -0.1) is 0 Å². The van der Waals surface area contributed by atoms with Crippen molar-refractivity contribution in [2.45, 2.75) is 59.8 Å². The van der Waals surface area contributed by atoms with Gasteiger partial charge in [0, 0.05) is 22.3 Å². The average molecular weight is 650 g/mol. The zero-order valence-corrected chi connectivity index (χ0v) is 27.1. The van der Waals surface area contributed by atoms with E-state index in [9.17, 15) is 22.4 Å². The number of hydrogen-bond donors (Lipinski definition) is 3. The van der Waals surface area contributed by atoms with Crippen LogP contribution in [-0.2, 0) is 26.7 Å². The number of benzene rings is 4. The van der Waals surface area contributed by atoms with Crippen molar-refractivity contribution in [1.82, 2.24) is 5.32 Å². The number of hydrogen-bond acceptors (Lipinski definition) is 6. The van der Waals surface area contributed by atoms with Gasteiger partial charge in [-0.3, -0.25) is 14.3 Å². The number of nitrogens with two attached hydrogens (primary N) is 1. The quantitative estimate of drug-likeness (QED) is 0.165. The van der Waals surface area contributed by atoms with Crippen molar-refractivity contribution in [3.05, 3.63) is 114 Å². The fraction of sp³-hybridized carbons (Fsp3) is 0.235. The molecular formula is C34H36FN3O5S2. The van der Waals surface area contributed by atoms with Gasteiger partial charge in [-0.2, -0.15) is 0 Å². The summed E-state index contributed by atoms with van der Waals surface area (Å²) in [6, 6.07) is 23.7. The van der Waals surface area contributed by atoms with Gasteiger partial charge < -0.3 is 15.8 Å². The van der Waals surface area contributed by atoms with Gasteiger partial charge in [0.05, 0.1) is 23.3 Å². The van der Waals surface area contributed by atoms with E-state index in [0.717, 1.165) is 22.1 Å². The van der Waals surface area contributed by atoms with Crippen LogP contribution in [0.1, 0.15) is 48.7 Å². The maximum absolute atomic E-state index is 13.8. The van der Waals surface area contributed by atoms with Crippen LogP contribution in [0.3, 0.4) is 0 Å². The molecule has 0 heterocycles. The molecule has 0 unspecified atom stereocenters. The average Bonchev–Trinajstić information content (AvgIpc) is 2.97. The van der Waals surface area contributed by atoms with Crippen molar-refractivity contribution in [3.8, 4) is 5.75 Å². The minimum absolute atomic E-state index is 0.0355. The summed E-state index contributed by atoms with van der Waals surface area (Å²) in [5.74, 6) is -1.11. The first-order chi connectivity index (χ1) is 21.2. The van der Waals surface area contributed by atoms with Gasteiger partial charge in [0.25, 0.3) is 15.9 Å². The molecule has 0 aliphatic carbocycles. The molecule has 0 saturated carbocycles. The Bertz CT molecular complexity index is 1770. The van der Waals surface area contributed by atoms with E-state index in [4.69, 9.17) is 10.5 Å². The molecule has 0 radical (unpaired) electrons. The molecule has 0 aliphatic rings. The molecule has 1 atom stereocenters. The van der Waals surface area contributed by atoms with Crippen LogP contribution in [0.2, 0.25) is 0 Å². The number of amides is 2. The number of ether oxygens (including phenoxy) is 1. The topological polar surface area (TPSA) is 128 Å². The first-order valence-electron chi connectivity index (χ1n) is 14.2. The highest BCUT2D eigenvalue weighted by Crippen LogP contribution is 2.33. The molecular weight excluding hydrogens is 614 g/mol. The van der Waals surface area contributed by atoms with E-state index in [2.05, 4.69) is 30.8 Å². The van der Waals surface area contributed by atoms with Crippen LogP contribution in [0.4, 0.5) is 10.1 Å². The molecule has 11 heteroatoms. The molecule has 8 nitrogen and oxygen atoms in total. The summed E-state index contributed by atoms with van der Waals surface area (Å²) < 4.78 is 47.9. The minimum Gasteiger partial charge on any atom is -0.497 e. The summed E-state index contributed by atoms with van der Waals surface area (Å²) >= 11 is 1.26. The van der Waals surface area contributed by atoms with E-state index in [1.165, 1.54) is 48.2 Å². The van der Waals surface area contributed by atoms with Gasteiger partial charge in [0.1, 0.15) is 11.6 Å². The minimum atomic E-state index is -4.19. The maximum atomic E-state index is 13.8. The van der Waals surface area contributed by atoms with Crippen LogP contribution in [0.5, 0.6) is 5.75 Å². The maximum Gasteiger partial charge on any atom is 0.261 e. The van der Waals surface area contributed by atoms with Gasteiger partial charge >= 0.3 is 0 Å². The molecule has 0 spiro atoms. The Morgan fingerprint density at radius 1 is 0.956 bits per heavy atom. The Balaban J connectivity index is 1.67. The highest BCUT2D eigenvalue weighted by molar-refractivity contribution is 7.99. The zero-order chi connectivity index (χ0) is 32.8. The van der Waals surface area contributed by atoms with Gasteiger partial charge in [-0.1, -0.05) is 62.9 Å². The largest absolute Gasteiger partial charge is 0.497 e. The van der Waals surface area contributed by atoms with Crippen molar-refractivity contribution in [2.24, 2.45) is 5.73 Å². The highest BCUT2D eigenvalue weighted by Gasteiger charge is 2.24. The zero-order valence-electron chi connectivity index (χ0n) is 25.5. The van der Waals surface area contributed by atoms with Crippen molar-refractivity contribution in [2.75, 3.05) is 11.8 Å². The number of primary amides is 1. The molecule has 0 aliphatic heterocycles. The Morgan fingerprint density at radius 3 is 2.24 bits per heavy atom. The highest BCUT2D eigenvalue weighted by atomic mass is 32.2. The lowest BCUT2D eigenvalue weighted by Gasteiger charge is -2.21. The first-order valence-corrected chi connectivity index (χ1v) is 16.5. The third-order valence-electron chi connectivity index (χ3n) is 6.95. The van der Waals surface area contributed by atoms with Crippen molar-refractivity contribution < 1.29 is 27.1 Å². The molecule has 4 aromatic carbocycles. The summed E-state index contributed by atoms with van der Waals surface area (Å²) in [5, 5.41) is 2.90. The first kappa shape index (κ1) is 33.5. The Hall–Kier alpha value is -4.35. The number of carbonyl (C=O) groups is 2. The van der Waals surface area contributed by atoms with Crippen LogP contribution in [0.15, 0.2) is 106 Å². The van der Waals surface area contributed by atoms with Crippen LogP contribution in [0, 0.1) is 5.82 Å². The van der Waals surface area contributed by atoms with Crippen molar-refractivity contribution in [1.29, 1.82) is 0 Å². The monoisotopic (exact) mass is 649 g/mol. The fourth-order valence-corrected chi connectivity index (χ4v) is 6.58. The molecule has 236 valence electrons.